The van der Waals surface area contributed by atoms with Crippen LogP contribution in [0.25, 0.3) is 11.1 Å². The van der Waals surface area contributed by atoms with E-state index in [9.17, 15) is 70.9 Å². The van der Waals surface area contributed by atoms with Crippen LogP contribution in [0.2, 0.25) is 10.0 Å². The Hall–Kier alpha value is -11.4. The van der Waals surface area contributed by atoms with Crippen molar-refractivity contribution in [1.29, 1.82) is 0 Å². The third-order valence-electron chi connectivity index (χ3n) is 22.9. The Bertz CT molecular complexity index is 5230. The number of aromatic hydroxyl groups is 4. The van der Waals surface area contributed by atoms with Crippen molar-refractivity contribution < 1.29 is 133 Å². The molecule has 7 aromatic carbocycles. The van der Waals surface area contributed by atoms with Gasteiger partial charge in [0.1, 0.15) is 137 Å². The fourth-order valence-electron chi connectivity index (χ4n) is 16.0. The van der Waals surface area contributed by atoms with Gasteiger partial charge in [0.15, 0.2) is 23.0 Å². The van der Waals surface area contributed by atoms with Crippen LogP contribution in [0.3, 0.4) is 0 Å². The van der Waals surface area contributed by atoms with E-state index in [2.05, 4.69) is 60.1 Å². The molecule has 24 N–H and O–H groups in total. The van der Waals surface area contributed by atoms with Crippen molar-refractivity contribution in [2.24, 2.45) is 5.73 Å². The topological polar surface area (TPSA) is 590 Å². The Morgan fingerprint density at radius 2 is 1.15 bits per heavy atom. The molecule has 0 spiro atoms. The summed E-state index contributed by atoms with van der Waals surface area (Å²) in [5, 5.41) is 165. The first-order valence-corrected chi connectivity index (χ1v) is 42.8. The molecule has 8 aliphatic rings. The minimum Gasteiger partial charge on any atom is -0.508 e. The van der Waals surface area contributed by atoms with E-state index in [1.54, 1.807) is 0 Å². The summed E-state index contributed by atoms with van der Waals surface area (Å²) in [6.07, 6.45) is -12.2. The molecule has 0 aliphatic carbocycles. The summed E-state index contributed by atoms with van der Waals surface area (Å²) < 4.78 is 45.0. The number of carbonyl (C=O) groups excluding carboxylic acids is 8. The zero-order chi connectivity index (χ0) is 91.5. The molecular formula is C88H103Cl2N11O27. The fourth-order valence-corrected chi connectivity index (χ4v) is 16.4. The molecule has 0 radical (unpaired) electrons. The number of carbonyl (C=O) groups is 8. The molecule has 8 heterocycles. The number of hydrogen-bond acceptors (Lipinski definition) is 30. The summed E-state index contributed by atoms with van der Waals surface area (Å²) in [6, 6.07) is 6.50. The van der Waals surface area contributed by atoms with Crippen LogP contribution in [-0.4, -0.2) is 228 Å². The van der Waals surface area contributed by atoms with Crippen molar-refractivity contribution in [3.63, 3.8) is 0 Å². The fraction of sp³-hybridized carbons (Fsp3) is 0.432. The van der Waals surface area contributed by atoms with Gasteiger partial charge in [0.25, 0.3) is 0 Å². The minimum atomic E-state index is -2.41. The minimum absolute atomic E-state index is 0.0755. The first-order valence-electron chi connectivity index (χ1n) is 42.1. The van der Waals surface area contributed by atoms with Crippen molar-refractivity contribution in [3.05, 3.63) is 164 Å². The van der Waals surface area contributed by atoms with Crippen LogP contribution in [0.4, 0.5) is 0 Å². The maximum Gasteiger partial charge on any atom is 0.248 e. The Morgan fingerprint density at radius 1 is 0.523 bits per heavy atom. The predicted molar refractivity (Wildman–Crippen MR) is 455 cm³/mol. The lowest BCUT2D eigenvalue weighted by atomic mass is 9.89. The molecule has 18 atom stereocenters. The molecule has 2 fully saturated rings. The van der Waals surface area contributed by atoms with Crippen molar-refractivity contribution in [1.82, 2.24) is 53.2 Å². The number of nitrogens with two attached hydrogens (primary N) is 1. The molecule has 686 valence electrons. The van der Waals surface area contributed by atoms with Crippen molar-refractivity contribution in [3.8, 4) is 80.1 Å². The molecule has 0 unspecified atom stereocenters. The van der Waals surface area contributed by atoms with E-state index < -0.39 is 260 Å². The average molecular weight is 1820 g/mol. The van der Waals surface area contributed by atoms with Crippen LogP contribution in [0, 0.1) is 0 Å². The monoisotopic (exact) mass is 1820 g/mol. The number of phenolic OH excluding ortho intramolecular Hbond substituents is 4. The number of nitrogens with one attached hydrogen (secondary N) is 10. The zero-order valence-electron chi connectivity index (χ0n) is 69.4. The van der Waals surface area contributed by atoms with Crippen LogP contribution in [-0.2, 0) is 54.3 Å². The van der Waals surface area contributed by atoms with Gasteiger partial charge in [0, 0.05) is 48.2 Å². The number of rotatable bonds is 25. The molecule has 17 bridgehead atoms. The third kappa shape index (κ3) is 21.4. The summed E-state index contributed by atoms with van der Waals surface area (Å²) in [5.74, 6) is -15.5. The van der Waals surface area contributed by atoms with Gasteiger partial charge in [0.2, 0.25) is 65.6 Å². The highest BCUT2D eigenvalue weighted by Gasteiger charge is 2.50. The number of ether oxygens (including phenoxy) is 7. The molecule has 0 saturated carbocycles. The van der Waals surface area contributed by atoms with Crippen LogP contribution in [0.5, 0.6) is 69.0 Å². The van der Waals surface area contributed by atoms with Crippen LogP contribution < -0.4 is 82.6 Å². The van der Waals surface area contributed by atoms with Gasteiger partial charge in [-0.3, -0.25) is 38.4 Å². The summed E-state index contributed by atoms with van der Waals surface area (Å²) in [7, 11) is 1.44. The van der Waals surface area contributed by atoms with E-state index in [-0.39, 0.29) is 59.9 Å². The van der Waals surface area contributed by atoms with Crippen LogP contribution >= 0.6 is 23.2 Å². The lowest BCUT2D eigenvalue weighted by Crippen LogP contribution is -2.65. The summed E-state index contributed by atoms with van der Waals surface area (Å²) >= 11 is 14.3. The Balaban J connectivity index is 1.04. The molecule has 128 heavy (non-hydrogen) atoms. The van der Waals surface area contributed by atoms with E-state index >= 15 is 28.8 Å². The van der Waals surface area contributed by atoms with Crippen molar-refractivity contribution >= 4 is 70.5 Å². The molecule has 38 nitrogen and oxygen atoms in total. The molecule has 2 saturated heterocycles. The molecule has 7 aromatic rings. The summed E-state index contributed by atoms with van der Waals surface area (Å²) in [5.41, 5.74) is 3.22. The number of benzene rings is 7. The lowest BCUT2D eigenvalue weighted by molar-refractivity contribution is -0.277. The third-order valence-corrected chi connectivity index (χ3v) is 23.6. The van der Waals surface area contributed by atoms with E-state index in [1.807, 2.05) is 0 Å². The van der Waals surface area contributed by atoms with Gasteiger partial charge in [-0.05, 0) is 152 Å². The van der Waals surface area contributed by atoms with Gasteiger partial charge < -0.3 is 153 Å². The Kier molecular flexibility index (Phi) is 31.1. The highest BCUT2D eigenvalue weighted by molar-refractivity contribution is 6.33. The molecular weight excluding hydrogens is 1710 g/mol. The number of fused-ring (bicyclic) bond motifs is 14. The maximum absolute atomic E-state index is 16.8. The second kappa shape index (κ2) is 42.2. The number of phenols is 4. The van der Waals surface area contributed by atoms with Crippen LogP contribution in [0.1, 0.15) is 153 Å². The standard InChI is InChI=1S/C88H103Cl2N11O27/c1-3-4-5-6-7-8-9-10-13-63(108)96-72-76(112)74(110)61(38-102)126-87(72)128-79-59-32-44-33-60(79)124-56-23-18-43(30-51(56)89)73(109)71-86(121)100-69(81(116)94-27-12-26-93-25-11-24-91)49-34-45(104)35-58(125-88-78(114)77(113)75(111)62(39-103)127-88)64(49)48-29-41(16-21-53(48)105)67(83(118)101-71)97-84(119)68(44)98-85(120)70-50-36-47(37-55(107)65(50)90)123-57-31-42(17-22-54(57)106)66(92-2)82(117)95-52(80(115)99-70)28-40-14-19-46(122-59)20-15-40/h14-23,29-37,52,61-62,66-78,87-88,92-93,102-107,109-114H,3-13,24-28,38-39,91H2,1-2H3,(H,94,116)(H,95,117)(H,96,108)(H,97,119)(H,98,120)(H,99,115)(H,100,121)(H,101,118)/t52-,61-,62-,66-,67-,68-,69-,70+,71+,72-,73-,74-,75-,76-,77+,78+,87+,88+/m1/s1. The Labute approximate surface area is 743 Å². The average Bonchev–Trinajstić information content (AvgIpc) is 0.756. The van der Waals surface area contributed by atoms with Crippen molar-refractivity contribution in [2.75, 3.05) is 46.4 Å². The largest absolute Gasteiger partial charge is 0.508 e. The second-order valence-electron chi connectivity index (χ2n) is 31.9. The number of hydrogen-bond donors (Lipinski definition) is 23. The quantitative estimate of drug-likeness (QED) is 0.0365. The van der Waals surface area contributed by atoms with Gasteiger partial charge in [-0.2, -0.15) is 0 Å². The van der Waals surface area contributed by atoms with E-state index in [0.717, 1.165) is 99.2 Å². The molecule has 8 aliphatic heterocycles. The molecule has 40 heteroatoms. The van der Waals surface area contributed by atoms with Crippen molar-refractivity contribution in [2.45, 2.75) is 194 Å². The summed E-state index contributed by atoms with van der Waals surface area (Å²) in [6.45, 7) is 1.31. The number of amides is 8. The summed E-state index contributed by atoms with van der Waals surface area (Å²) in [4.78, 5) is 125. The molecule has 0 aromatic heterocycles. The zero-order valence-corrected chi connectivity index (χ0v) is 70.9. The van der Waals surface area contributed by atoms with Gasteiger partial charge in [-0.15, -0.1) is 0 Å². The van der Waals surface area contributed by atoms with Crippen LogP contribution in [0.15, 0.2) is 115 Å². The maximum atomic E-state index is 16.8. The van der Waals surface area contributed by atoms with E-state index in [0.29, 0.717) is 44.5 Å². The second-order valence-corrected chi connectivity index (χ2v) is 32.7. The number of halogens is 2. The lowest BCUT2D eigenvalue weighted by Gasteiger charge is -2.42. The smallest absolute Gasteiger partial charge is 0.248 e. The molecule has 15 rings (SSSR count). The SMILES string of the molecule is CCCCCCCCCCC(=O)N[C@H]1[C@H](Oc2c3cc4cc2Oc2ccc(cc2Cl)[C@@H](O)[C@@H]2NC(=O)[C@H](NC(=O)[C@@H]4NC(=O)[C@H]4NC(=O)[C@@H](Cc5ccc(cc5)O3)NC(=O)[C@H](NC)c3ccc(O)c(c3)Oc3cc(O)c(Cl)c4c3)c3ccc(O)c(c3)-c3c(O[C@H]4O[C@H](CO)[C@@H](O)[C@H](O)[C@@H]4O)cc(O)cc3[C@H](C(=O)NCCCNCCCN)NC2=O)O[C@H](CO)[C@@H](O)[C@@H]1O. The highest BCUT2D eigenvalue weighted by Crippen LogP contribution is 2.51. The van der Waals surface area contributed by atoms with Gasteiger partial charge >= 0.3 is 0 Å². The van der Waals surface area contributed by atoms with Gasteiger partial charge in [0.05, 0.1) is 23.3 Å². The van der Waals surface area contributed by atoms with E-state index in [4.69, 9.17) is 62.1 Å². The first kappa shape index (κ1) is 94.2. The Morgan fingerprint density at radius 3 is 1.85 bits per heavy atom. The number of likely N-dealkylation sites (N-methyl/N-ethyl adjacent to an activating group) is 1. The number of unbranched alkanes of at least 4 members (excludes halogenated alkanes) is 7. The molecule has 8 amide bonds. The number of aliphatic hydroxyl groups is 8. The van der Waals surface area contributed by atoms with Gasteiger partial charge in [-0.1, -0.05) is 105 Å². The first-order chi connectivity index (χ1) is 61.5. The van der Waals surface area contributed by atoms with Gasteiger partial charge in [-0.25, -0.2) is 0 Å². The number of aliphatic hydroxyl groups excluding tert-OH is 8. The highest BCUT2D eigenvalue weighted by atomic mass is 35.5. The normalized spacial score (nSPS) is 25.8. The van der Waals surface area contributed by atoms with E-state index in [1.165, 1.54) is 61.6 Å². The predicted octanol–water partition coefficient (Wildman–Crippen LogP) is 3.21.